The molecule has 1 aromatic rings. The number of aromatic nitrogens is 1. The summed E-state index contributed by atoms with van der Waals surface area (Å²) in [6.07, 6.45) is 5.45. The minimum atomic E-state index is -0.333. The van der Waals surface area contributed by atoms with E-state index in [1.807, 2.05) is 7.05 Å². The lowest BCUT2D eigenvalue weighted by molar-refractivity contribution is -0.115. The van der Waals surface area contributed by atoms with Gasteiger partial charge in [-0.3, -0.25) is 9.69 Å². The number of nitrogens with zero attached hydrogens (tertiary/aromatic N) is 2. The van der Waals surface area contributed by atoms with Crippen LogP contribution in [0.3, 0.4) is 0 Å². The molecule has 0 spiro atoms. The highest BCUT2D eigenvalue weighted by molar-refractivity contribution is 7.15. The first-order chi connectivity index (χ1) is 12.4. The van der Waals surface area contributed by atoms with E-state index in [1.165, 1.54) is 29.8 Å². The smallest absolute Gasteiger partial charge is 0.323 e. The van der Waals surface area contributed by atoms with Gasteiger partial charge in [-0.1, -0.05) is 6.92 Å². The van der Waals surface area contributed by atoms with E-state index in [0.29, 0.717) is 19.5 Å². The van der Waals surface area contributed by atoms with Gasteiger partial charge in [0.25, 0.3) is 0 Å². The molecule has 8 heteroatoms. The fraction of sp³-hybridized carbons (Fsp3) is 0.722. The average Bonchev–Trinajstić information content (AvgIpc) is 2.96. The lowest BCUT2D eigenvalue weighted by Crippen LogP contribution is -2.38. The Morgan fingerprint density at radius 1 is 1.50 bits per heavy atom. The van der Waals surface area contributed by atoms with Gasteiger partial charge in [0, 0.05) is 18.0 Å². The molecule has 1 aliphatic rings. The summed E-state index contributed by atoms with van der Waals surface area (Å²) in [6, 6.07) is -0.333. The van der Waals surface area contributed by atoms with Gasteiger partial charge in [-0.15, -0.1) is 11.3 Å². The molecule has 3 amide bonds. The van der Waals surface area contributed by atoms with Gasteiger partial charge in [-0.25, -0.2) is 9.78 Å². The van der Waals surface area contributed by atoms with Crippen molar-refractivity contribution in [1.82, 2.24) is 20.5 Å². The van der Waals surface area contributed by atoms with Gasteiger partial charge in [0.1, 0.15) is 0 Å². The number of urea groups is 1. The molecule has 7 nitrogen and oxygen atoms in total. The van der Waals surface area contributed by atoms with Gasteiger partial charge in [-0.05, 0) is 65.0 Å². The number of nitrogens with one attached hydrogen (secondary N) is 2. The molecular formula is C18H33N5O2S. The maximum atomic E-state index is 10.8. The fourth-order valence-electron chi connectivity index (χ4n) is 3.19. The van der Waals surface area contributed by atoms with Gasteiger partial charge in [0.2, 0.25) is 6.41 Å². The van der Waals surface area contributed by atoms with Gasteiger partial charge in [0.15, 0.2) is 5.13 Å². The molecule has 2 unspecified atom stereocenters. The standard InChI is InChI=1S/C12H21N3S.C6H12N2O2/c1-8(7-14-2)5-9-3-4-11-10(6-9)15-12(13)16-11;1-3-7-6(10)8(4-2)5-9/h8-9,14H,3-7H2,1-2H3,(H2,13,15);5H,3-4H2,1-2H3,(H,7,10). The number of nitrogens with two attached hydrogens (primary N) is 1. The van der Waals surface area contributed by atoms with Crippen LogP contribution in [0.5, 0.6) is 0 Å². The van der Waals surface area contributed by atoms with Gasteiger partial charge in [-0.2, -0.15) is 0 Å². The van der Waals surface area contributed by atoms with Crippen LogP contribution in [0, 0.1) is 11.8 Å². The molecule has 2 rings (SSSR count). The van der Waals surface area contributed by atoms with Crippen LogP contribution >= 0.6 is 11.3 Å². The normalized spacial score (nSPS) is 16.7. The maximum Gasteiger partial charge on any atom is 0.323 e. The molecule has 0 fully saturated rings. The van der Waals surface area contributed by atoms with Crippen LogP contribution in [0.2, 0.25) is 0 Å². The molecule has 1 aromatic heterocycles. The Hall–Kier alpha value is -1.67. The third-order valence-electron chi connectivity index (χ3n) is 4.40. The van der Waals surface area contributed by atoms with E-state index >= 15 is 0 Å². The number of fused-ring (bicyclic) bond motifs is 1. The van der Waals surface area contributed by atoms with Crippen molar-refractivity contribution in [1.29, 1.82) is 0 Å². The first kappa shape index (κ1) is 22.4. The highest BCUT2D eigenvalue weighted by Crippen LogP contribution is 2.33. The highest BCUT2D eigenvalue weighted by atomic mass is 32.1. The van der Waals surface area contributed by atoms with E-state index in [2.05, 4.69) is 22.5 Å². The third kappa shape index (κ3) is 7.29. The van der Waals surface area contributed by atoms with E-state index in [9.17, 15) is 9.59 Å². The summed E-state index contributed by atoms with van der Waals surface area (Å²) < 4.78 is 0. The Bertz CT molecular complexity index is 564. The fourth-order valence-corrected chi connectivity index (χ4v) is 4.06. The van der Waals surface area contributed by atoms with Crippen molar-refractivity contribution in [2.75, 3.05) is 32.4 Å². The van der Waals surface area contributed by atoms with E-state index < -0.39 is 0 Å². The predicted octanol–water partition coefficient (Wildman–Crippen LogP) is 2.27. The van der Waals surface area contributed by atoms with Crippen molar-refractivity contribution >= 4 is 28.9 Å². The maximum absolute atomic E-state index is 10.8. The zero-order valence-corrected chi connectivity index (χ0v) is 17.2. The van der Waals surface area contributed by atoms with Crippen LogP contribution in [0.15, 0.2) is 0 Å². The number of aryl methyl sites for hydroxylation is 1. The molecule has 0 aromatic carbocycles. The van der Waals surface area contributed by atoms with E-state index in [4.69, 9.17) is 5.73 Å². The van der Waals surface area contributed by atoms with Crippen LogP contribution in [0.1, 0.15) is 44.2 Å². The predicted molar refractivity (Wildman–Crippen MR) is 107 cm³/mol. The second-order valence-electron chi connectivity index (χ2n) is 6.66. The summed E-state index contributed by atoms with van der Waals surface area (Å²) in [5, 5.41) is 6.49. The SMILES string of the molecule is CCNC(=O)N(C=O)CC.CNCC(C)CC1CCc2sc(N)nc2C1. The second kappa shape index (κ2) is 11.9. The number of nitrogen functional groups attached to an aromatic ring is 1. The Kier molecular flexibility index (Phi) is 10.2. The summed E-state index contributed by atoms with van der Waals surface area (Å²) in [4.78, 5) is 27.8. The van der Waals surface area contributed by atoms with Crippen molar-refractivity contribution in [2.24, 2.45) is 11.8 Å². The molecular weight excluding hydrogens is 350 g/mol. The molecule has 0 saturated heterocycles. The number of anilines is 1. The number of thiazole rings is 1. The second-order valence-corrected chi connectivity index (χ2v) is 7.77. The zero-order chi connectivity index (χ0) is 19.5. The van der Waals surface area contributed by atoms with Crippen LogP contribution in [-0.4, -0.2) is 49.0 Å². The largest absolute Gasteiger partial charge is 0.375 e. The van der Waals surface area contributed by atoms with Crippen molar-refractivity contribution in [3.63, 3.8) is 0 Å². The summed E-state index contributed by atoms with van der Waals surface area (Å²) in [6.45, 7) is 7.93. The lowest BCUT2D eigenvalue weighted by atomic mass is 9.84. The number of carbonyl (C=O) groups is 2. The Morgan fingerprint density at radius 3 is 2.81 bits per heavy atom. The number of rotatable bonds is 7. The van der Waals surface area contributed by atoms with Crippen molar-refractivity contribution in [3.8, 4) is 0 Å². The third-order valence-corrected chi connectivity index (χ3v) is 5.39. The van der Waals surface area contributed by atoms with Gasteiger partial charge >= 0.3 is 6.03 Å². The molecule has 0 aliphatic heterocycles. The summed E-state index contributed by atoms with van der Waals surface area (Å²) >= 11 is 1.68. The number of carbonyl (C=O) groups excluding carboxylic acids is 2. The van der Waals surface area contributed by atoms with Gasteiger partial charge in [0.05, 0.1) is 5.69 Å². The van der Waals surface area contributed by atoms with Crippen LogP contribution in [0.4, 0.5) is 9.93 Å². The van der Waals surface area contributed by atoms with E-state index in [1.54, 1.807) is 25.2 Å². The molecule has 148 valence electrons. The molecule has 26 heavy (non-hydrogen) atoms. The molecule has 1 aliphatic carbocycles. The lowest BCUT2D eigenvalue weighted by Gasteiger charge is -2.24. The Balaban J connectivity index is 0.000000294. The highest BCUT2D eigenvalue weighted by Gasteiger charge is 2.23. The molecule has 0 bridgehead atoms. The number of hydrogen-bond acceptors (Lipinski definition) is 6. The van der Waals surface area contributed by atoms with E-state index in [-0.39, 0.29) is 6.03 Å². The van der Waals surface area contributed by atoms with Crippen LogP contribution < -0.4 is 16.4 Å². The molecule has 0 saturated carbocycles. The molecule has 2 atom stereocenters. The topological polar surface area (TPSA) is 100 Å². The average molecular weight is 384 g/mol. The van der Waals surface area contributed by atoms with Crippen molar-refractivity contribution in [3.05, 3.63) is 10.6 Å². The summed E-state index contributed by atoms with van der Waals surface area (Å²) in [5.74, 6) is 1.56. The Labute approximate surface area is 160 Å². The van der Waals surface area contributed by atoms with Crippen molar-refractivity contribution < 1.29 is 9.59 Å². The van der Waals surface area contributed by atoms with E-state index in [0.717, 1.165) is 34.8 Å². The summed E-state index contributed by atoms with van der Waals surface area (Å²) in [7, 11) is 2.02. The van der Waals surface area contributed by atoms with Crippen LogP contribution in [0.25, 0.3) is 0 Å². The molecule has 0 radical (unpaired) electrons. The first-order valence-electron chi connectivity index (χ1n) is 9.33. The minimum Gasteiger partial charge on any atom is -0.375 e. The number of imide groups is 1. The minimum absolute atomic E-state index is 0.333. The van der Waals surface area contributed by atoms with Gasteiger partial charge < -0.3 is 16.4 Å². The number of hydrogen-bond donors (Lipinski definition) is 3. The monoisotopic (exact) mass is 383 g/mol. The molecule has 4 N–H and O–H groups in total. The van der Waals surface area contributed by atoms with Crippen LogP contribution in [-0.2, 0) is 17.6 Å². The first-order valence-corrected chi connectivity index (χ1v) is 10.1. The number of amides is 3. The zero-order valence-electron chi connectivity index (χ0n) is 16.4. The van der Waals surface area contributed by atoms with Crippen molar-refractivity contribution in [2.45, 2.75) is 46.5 Å². The summed E-state index contributed by atoms with van der Waals surface area (Å²) in [5.41, 5.74) is 7.02. The Morgan fingerprint density at radius 2 is 2.23 bits per heavy atom. The molecule has 1 heterocycles. The quantitative estimate of drug-likeness (QED) is 0.627.